The standard InChI is InChI=1S/C39H79N2O7P/c1-3-5-7-9-11-13-15-16-17-18-19-20-21-23-25-27-29-31-38(43)37(35-48-49(45,46)47-33-32-40)41-39(44)34-36(42)30-28-26-24-22-14-12-10-8-6-4-2/h29,31,36-38,42-43H,3-28,30,32-35,40H2,1-2H3,(H,41,44)(H,45,46)/b31-29+. The number of hydrogen-bond acceptors (Lipinski definition) is 7. The summed E-state index contributed by atoms with van der Waals surface area (Å²) >= 11 is 0. The number of aliphatic hydroxyl groups is 2. The molecule has 0 aliphatic heterocycles. The number of aliphatic hydroxyl groups excluding tert-OH is 2. The van der Waals surface area contributed by atoms with Crippen molar-refractivity contribution in [1.29, 1.82) is 0 Å². The molecule has 292 valence electrons. The molecule has 0 saturated heterocycles. The Morgan fingerprint density at radius 3 is 1.57 bits per heavy atom. The lowest BCUT2D eigenvalue weighted by Crippen LogP contribution is -2.46. The molecule has 0 bridgehead atoms. The maximum Gasteiger partial charge on any atom is 0.472 e. The molecule has 0 rings (SSSR count). The highest BCUT2D eigenvalue weighted by molar-refractivity contribution is 7.47. The van der Waals surface area contributed by atoms with Gasteiger partial charge in [-0.1, -0.05) is 180 Å². The molecule has 1 amide bonds. The maximum atomic E-state index is 12.7. The summed E-state index contributed by atoms with van der Waals surface area (Å²) in [5, 5.41) is 23.9. The lowest BCUT2D eigenvalue weighted by molar-refractivity contribution is -0.124. The third-order valence-electron chi connectivity index (χ3n) is 9.17. The first-order valence-corrected chi connectivity index (χ1v) is 21.9. The number of nitrogens with one attached hydrogen (secondary N) is 1. The van der Waals surface area contributed by atoms with Crippen molar-refractivity contribution in [2.45, 2.75) is 212 Å². The summed E-state index contributed by atoms with van der Waals surface area (Å²) in [6.45, 7) is 3.96. The molecule has 9 nitrogen and oxygen atoms in total. The monoisotopic (exact) mass is 719 g/mol. The molecule has 0 fully saturated rings. The summed E-state index contributed by atoms with van der Waals surface area (Å²) in [5.41, 5.74) is 5.35. The van der Waals surface area contributed by atoms with Gasteiger partial charge in [0.1, 0.15) is 0 Å². The third kappa shape index (κ3) is 34.1. The van der Waals surface area contributed by atoms with Crippen LogP contribution in [0, 0.1) is 0 Å². The van der Waals surface area contributed by atoms with Crippen molar-refractivity contribution in [3.8, 4) is 0 Å². The average Bonchev–Trinajstić information content (AvgIpc) is 3.07. The summed E-state index contributed by atoms with van der Waals surface area (Å²) in [5.74, 6) is -0.446. The van der Waals surface area contributed by atoms with Crippen LogP contribution in [0.15, 0.2) is 12.2 Å². The Morgan fingerprint density at radius 2 is 1.12 bits per heavy atom. The van der Waals surface area contributed by atoms with Crippen molar-refractivity contribution >= 4 is 13.7 Å². The summed E-state index contributed by atoms with van der Waals surface area (Å²) in [4.78, 5) is 22.7. The van der Waals surface area contributed by atoms with Gasteiger partial charge in [0.15, 0.2) is 0 Å². The van der Waals surface area contributed by atoms with Crippen LogP contribution >= 0.6 is 7.82 Å². The highest BCUT2D eigenvalue weighted by atomic mass is 31.2. The molecule has 4 atom stereocenters. The first-order valence-electron chi connectivity index (χ1n) is 20.4. The van der Waals surface area contributed by atoms with Gasteiger partial charge in [-0.15, -0.1) is 0 Å². The van der Waals surface area contributed by atoms with Crippen molar-refractivity contribution in [1.82, 2.24) is 5.32 Å². The first-order chi connectivity index (χ1) is 23.8. The van der Waals surface area contributed by atoms with E-state index in [1.165, 1.54) is 128 Å². The van der Waals surface area contributed by atoms with Crippen LogP contribution in [0.4, 0.5) is 0 Å². The van der Waals surface area contributed by atoms with Gasteiger partial charge in [0, 0.05) is 6.54 Å². The minimum Gasteiger partial charge on any atom is -0.393 e. The van der Waals surface area contributed by atoms with Gasteiger partial charge in [0.25, 0.3) is 0 Å². The van der Waals surface area contributed by atoms with Crippen molar-refractivity contribution in [3.05, 3.63) is 12.2 Å². The Kier molecular flexibility index (Phi) is 35.0. The van der Waals surface area contributed by atoms with Crippen LogP contribution in [0.5, 0.6) is 0 Å². The van der Waals surface area contributed by atoms with E-state index in [9.17, 15) is 24.5 Å². The van der Waals surface area contributed by atoms with Gasteiger partial charge < -0.3 is 26.2 Å². The number of nitrogens with two attached hydrogens (primary N) is 1. The van der Waals surface area contributed by atoms with Crippen LogP contribution in [0.2, 0.25) is 0 Å². The molecular formula is C39H79N2O7P. The predicted molar refractivity (Wildman–Crippen MR) is 204 cm³/mol. The van der Waals surface area contributed by atoms with E-state index in [1.807, 2.05) is 6.08 Å². The second-order valence-corrected chi connectivity index (χ2v) is 15.5. The molecule has 49 heavy (non-hydrogen) atoms. The number of hydrogen-bond donors (Lipinski definition) is 5. The molecule has 0 aromatic heterocycles. The van der Waals surface area contributed by atoms with Gasteiger partial charge >= 0.3 is 7.82 Å². The molecule has 0 aliphatic carbocycles. The summed E-state index contributed by atoms with van der Waals surface area (Å²) in [7, 11) is -4.39. The van der Waals surface area contributed by atoms with Gasteiger partial charge in [-0.3, -0.25) is 13.8 Å². The molecule has 4 unspecified atom stereocenters. The van der Waals surface area contributed by atoms with E-state index in [0.717, 1.165) is 38.5 Å². The lowest BCUT2D eigenvalue weighted by atomic mass is 10.0. The lowest BCUT2D eigenvalue weighted by Gasteiger charge is -2.24. The van der Waals surface area contributed by atoms with E-state index in [-0.39, 0.29) is 19.6 Å². The van der Waals surface area contributed by atoms with Crippen molar-refractivity contribution in [2.75, 3.05) is 19.8 Å². The molecule has 10 heteroatoms. The minimum atomic E-state index is -4.39. The van der Waals surface area contributed by atoms with E-state index in [2.05, 4.69) is 19.2 Å². The number of phosphoric acid groups is 1. The topological polar surface area (TPSA) is 151 Å². The molecule has 0 saturated carbocycles. The molecule has 0 radical (unpaired) electrons. The SMILES string of the molecule is CCCCCCCCCCCCCCCCC/C=C/C(O)C(COP(=O)(O)OCCN)NC(=O)CC(O)CCCCCCCCCCCC. The summed E-state index contributed by atoms with van der Waals surface area (Å²) in [6.07, 6.45) is 34.4. The first kappa shape index (κ1) is 48.2. The maximum absolute atomic E-state index is 12.7. The number of carbonyl (C=O) groups excluding carboxylic acids is 1. The van der Waals surface area contributed by atoms with E-state index >= 15 is 0 Å². The normalized spacial score (nSPS) is 15.0. The highest BCUT2D eigenvalue weighted by Gasteiger charge is 2.27. The van der Waals surface area contributed by atoms with Crippen molar-refractivity contribution in [3.63, 3.8) is 0 Å². The second-order valence-electron chi connectivity index (χ2n) is 14.0. The van der Waals surface area contributed by atoms with Crippen LogP contribution in [0.1, 0.15) is 194 Å². The Hall–Kier alpha value is -0.800. The molecule has 6 N–H and O–H groups in total. The average molecular weight is 719 g/mol. The molecule has 0 aromatic rings. The third-order valence-corrected chi connectivity index (χ3v) is 10.2. The number of unbranched alkanes of at least 4 members (excludes halogenated alkanes) is 24. The van der Waals surface area contributed by atoms with E-state index in [0.29, 0.717) is 6.42 Å². The van der Waals surface area contributed by atoms with Crippen LogP contribution in [-0.2, 0) is 18.4 Å². The summed E-state index contributed by atoms with van der Waals surface area (Å²) < 4.78 is 22.0. The Labute approximate surface area is 301 Å². The molecular weight excluding hydrogens is 639 g/mol. The fourth-order valence-corrected chi connectivity index (χ4v) is 6.82. The molecule has 0 heterocycles. The van der Waals surface area contributed by atoms with Gasteiger partial charge in [-0.2, -0.15) is 0 Å². The van der Waals surface area contributed by atoms with E-state index in [4.69, 9.17) is 14.8 Å². The highest BCUT2D eigenvalue weighted by Crippen LogP contribution is 2.43. The zero-order chi connectivity index (χ0) is 36.3. The Balaban J connectivity index is 4.36. The minimum absolute atomic E-state index is 0.0513. The number of phosphoric ester groups is 1. The largest absolute Gasteiger partial charge is 0.472 e. The quantitative estimate of drug-likeness (QED) is 0.0240. The molecule has 0 aliphatic rings. The predicted octanol–water partition coefficient (Wildman–Crippen LogP) is 9.80. The smallest absolute Gasteiger partial charge is 0.393 e. The number of amides is 1. The second kappa shape index (κ2) is 35.6. The van der Waals surface area contributed by atoms with E-state index < -0.39 is 38.6 Å². The van der Waals surface area contributed by atoms with Crippen LogP contribution in [0.25, 0.3) is 0 Å². The Bertz CT molecular complexity index is 801. The van der Waals surface area contributed by atoms with Gasteiger partial charge in [0.05, 0.1) is 37.9 Å². The zero-order valence-corrected chi connectivity index (χ0v) is 32.7. The fourth-order valence-electron chi connectivity index (χ4n) is 6.06. The zero-order valence-electron chi connectivity index (χ0n) is 31.8. The number of allylic oxidation sites excluding steroid dienone is 1. The summed E-state index contributed by atoms with van der Waals surface area (Å²) in [6, 6.07) is -0.976. The van der Waals surface area contributed by atoms with Gasteiger partial charge in [-0.05, 0) is 19.3 Å². The number of carbonyl (C=O) groups is 1. The fraction of sp³-hybridized carbons (Fsp3) is 0.923. The Morgan fingerprint density at radius 1 is 0.694 bits per heavy atom. The number of rotatable bonds is 38. The van der Waals surface area contributed by atoms with Gasteiger partial charge in [-0.25, -0.2) is 4.57 Å². The van der Waals surface area contributed by atoms with Crippen LogP contribution < -0.4 is 11.1 Å². The van der Waals surface area contributed by atoms with Crippen molar-refractivity contribution < 1.29 is 33.5 Å². The van der Waals surface area contributed by atoms with Crippen LogP contribution in [0.3, 0.4) is 0 Å². The van der Waals surface area contributed by atoms with Gasteiger partial charge in [0.2, 0.25) is 5.91 Å². The van der Waals surface area contributed by atoms with Crippen molar-refractivity contribution in [2.24, 2.45) is 5.73 Å². The van der Waals surface area contributed by atoms with E-state index in [1.54, 1.807) is 6.08 Å². The van der Waals surface area contributed by atoms with Crippen LogP contribution in [-0.4, -0.2) is 59.0 Å². The molecule has 0 aromatic carbocycles. The molecule has 0 spiro atoms.